The summed E-state index contributed by atoms with van der Waals surface area (Å²) >= 11 is 0. The van der Waals surface area contributed by atoms with E-state index < -0.39 is 17.7 Å². The normalized spacial score (nSPS) is 17.5. The highest BCUT2D eigenvalue weighted by atomic mass is 16.5. The van der Waals surface area contributed by atoms with Crippen LogP contribution in [0.1, 0.15) is 24.1 Å². The maximum atomic E-state index is 13.0. The molecule has 8 nitrogen and oxygen atoms in total. The molecule has 1 heterocycles. The van der Waals surface area contributed by atoms with Crippen LogP contribution in [0.25, 0.3) is 5.76 Å². The van der Waals surface area contributed by atoms with Crippen molar-refractivity contribution in [2.24, 2.45) is 0 Å². The second kappa shape index (κ2) is 10.2. The van der Waals surface area contributed by atoms with Crippen molar-refractivity contribution in [1.82, 2.24) is 4.90 Å². The minimum atomic E-state index is -0.809. The Labute approximate surface area is 187 Å². The number of likely N-dealkylation sites (tertiary alicyclic amines) is 1. The molecule has 0 aromatic heterocycles. The van der Waals surface area contributed by atoms with E-state index in [1.54, 1.807) is 42.5 Å². The van der Waals surface area contributed by atoms with Crippen molar-refractivity contribution in [3.05, 3.63) is 59.2 Å². The standard InChI is InChI=1S/C24H27NO7/c1-5-32-17-9-6-15(7-10-17)22(26)20-21(25(12-13-29-2)24(28)23(20)27)16-8-11-18(30-3)19(14-16)31-4/h6-11,14,21,26H,5,12-13H2,1-4H3/t21-/m0/s1. The van der Waals surface area contributed by atoms with E-state index >= 15 is 0 Å². The van der Waals surface area contributed by atoms with Crippen molar-refractivity contribution >= 4 is 17.4 Å². The zero-order chi connectivity index (χ0) is 23.3. The Hall–Kier alpha value is -3.52. The molecule has 0 spiro atoms. The summed E-state index contributed by atoms with van der Waals surface area (Å²) in [6, 6.07) is 11.0. The summed E-state index contributed by atoms with van der Waals surface area (Å²) in [6.07, 6.45) is 0. The van der Waals surface area contributed by atoms with E-state index in [1.807, 2.05) is 6.92 Å². The first-order valence-electron chi connectivity index (χ1n) is 10.2. The van der Waals surface area contributed by atoms with Crippen molar-refractivity contribution in [3.8, 4) is 17.2 Å². The van der Waals surface area contributed by atoms with Crippen LogP contribution in [0.4, 0.5) is 0 Å². The molecule has 170 valence electrons. The topological polar surface area (TPSA) is 94.5 Å². The first-order valence-corrected chi connectivity index (χ1v) is 10.2. The highest BCUT2D eigenvalue weighted by Gasteiger charge is 2.46. The van der Waals surface area contributed by atoms with Gasteiger partial charge >= 0.3 is 0 Å². The molecule has 1 fully saturated rings. The van der Waals surface area contributed by atoms with E-state index in [1.165, 1.54) is 26.2 Å². The zero-order valence-electron chi connectivity index (χ0n) is 18.6. The molecule has 1 atom stereocenters. The number of rotatable bonds is 9. The first-order chi connectivity index (χ1) is 15.5. The molecule has 0 unspecified atom stereocenters. The predicted octanol–water partition coefficient (Wildman–Crippen LogP) is 3.17. The second-order valence-corrected chi connectivity index (χ2v) is 7.06. The Bertz CT molecular complexity index is 1010. The number of methoxy groups -OCH3 is 3. The molecule has 2 aromatic carbocycles. The Morgan fingerprint density at radius 1 is 1.00 bits per heavy atom. The van der Waals surface area contributed by atoms with E-state index in [4.69, 9.17) is 18.9 Å². The van der Waals surface area contributed by atoms with E-state index in [0.29, 0.717) is 35.0 Å². The van der Waals surface area contributed by atoms with Crippen LogP contribution >= 0.6 is 0 Å². The van der Waals surface area contributed by atoms with E-state index in [-0.39, 0.29) is 24.5 Å². The molecular formula is C24H27NO7. The fourth-order valence-corrected chi connectivity index (χ4v) is 3.70. The SMILES string of the molecule is CCOc1ccc(C(O)=C2C(=O)C(=O)N(CCOC)[C@H]2c2ccc(OC)c(OC)c2)cc1. The number of hydrogen-bond donors (Lipinski definition) is 1. The molecule has 1 amide bonds. The number of ether oxygens (including phenoxy) is 4. The van der Waals surface area contributed by atoms with Crippen molar-refractivity contribution in [2.75, 3.05) is 41.1 Å². The van der Waals surface area contributed by atoms with Gasteiger partial charge in [0.25, 0.3) is 11.7 Å². The van der Waals surface area contributed by atoms with Gasteiger partial charge in [0.2, 0.25) is 0 Å². The predicted molar refractivity (Wildman–Crippen MR) is 118 cm³/mol. The Kier molecular flexibility index (Phi) is 7.37. The lowest BCUT2D eigenvalue weighted by molar-refractivity contribution is -0.140. The third kappa shape index (κ3) is 4.40. The Morgan fingerprint density at radius 2 is 1.69 bits per heavy atom. The minimum absolute atomic E-state index is 0.00230. The third-order valence-corrected chi connectivity index (χ3v) is 5.24. The largest absolute Gasteiger partial charge is 0.507 e. The number of amides is 1. The number of carbonyl (C=O) groups is 2. The van der Waals surface area contributed by atoms with Gasteiger partial charge in [0.15, 0.2) is 11.5 Å². The summed E-state index contributed by atoms with van der Waals surface area (Å²) in [5.74, 6) is -0.117. The van der Waals surface area contributed by atoms with Crippen LogP contribution in [-0.4, -0.2) is 62.8 Å². The average Bonchev–Trinajstić information content (AvgIpc) is 3.07. The second-order valence-electron chi connectivity index (χ2n) is 7.06. The van der Waals surface area contributed by atoms with Crippen LogP contribution in [0.3, 0.4) is 0 Å². The van der Waals surface area contributed by atoms with Crippen LogP contribution in [0.2, 0.25) is 0 Å². The molecule has 2 aromatic rings. The third-order valence-electron chi connectivity index (χ3n) is 5.24. The molecule has 1 aliphatic heterocycles. The summed E-state index contributed by atoms with van der Waals surface area (Å²) in [7, 11) is 4.54. The Balaban J connectivity index is 2.14. The minimum Gasteiger partial charge on any atom is -0.507 e. The van der Waals surface area contributed by atoms with Crippen LogP contribution in [0.15, 0.2) is 48.0 Å². The molecule has 32 heavy (non-hydrogen) atoms. The number of benzene rings is 2. The maximum absolute atomic E-state index is 13.0. The number of Topliss-reactive ketones (excluding diaryl/α,β-unsaturated/α-hetero) is 1. The van der Waals surface area contributed by atoms with Crippen molar-refractivity contribution in [2.45, 2.75) is 13.0 Å². The Morgan fingerprint density at radius 3 is 2.28 bits per heavy atom. The van der Waals surface area contributed by atoms with Crippen molar-refractivity contribution in [1.29, 1.82) is 0 Å². The van der Waals surface area contributed by atoms with E-state index in [2.05, 4.69) is 0 Å². The lowest BCUT2D eigenvalue weighted by atomic mass is 9.95. The van der Waals surface area contributed by atoms with E-state index in [9.17, 15) is 14.7 Å². The average molecular weight is 441 g/mol. The molecule has 0 radical (unpaired) electrons. The van der Waals surface area contributed by atoms with Gasteiger partial charge in [0, 0.05) is 19.2 Å². The molecule has 1 saturated heterocycles. The van der Waals surface area contributed by atoms with Gasteiger partial charge in [0.1, 0.15) is 11.5 Å². The number of aliphatic hydroxyl groups excluding tert-OH is 1. The smallest absolute Gasteiger partial charge is 0.295 e. The van der Waals surface area contributed by atoms with Gasteiger partial charge in [-0.15, -0.1) is 0 Å². The molecule has 0 bridgehead atoms. The van der Waals surface area contributed by atoms with E-state index in [0.717, 1.165) is 0 Å². The molecule has 1 aliphatic rings. The van der Waals surface area contributed by atoms with Gasteiger partial charge in [0.05, 0.1) is 39.0 Å². The van der Waals surface area contributed by atoms with Gasteiger partial charge in [-0.25, -0.2) is 0 Å². The lowest BCUT2D eigenvalue weighted by Gasteiger charge is -2.25. The van der Waals surface area contributed by atoms with Gasteiger partial charge in [-0.3, -0.25) is 9.59 Å². The lowest BCUT2D eigenvalue weighted by Crippen LogP contribution is -2.32. The highest BCUT2D eigenvalue weighted by molar-refractivity contribution is 6.46. The van der Waals surface area contributed by atoms with Crippen LogP contribution < -0.4 is 14.2 Å². The molecule has 8 heteroatoms. The van der Waals surface area contributed by atoms with Crippen LogP contribution in [0, 0.1) is 0 Å². The quantitative estimate of drug-likeness (QED) is 0.363. The summed E-state index contributed by atoms with van der Waals surface area (Å²) in [6.45, 7) is 2.80. The zero-order valence-corrected chi connectivity index (χ0v) is 18.6. The summed E-state index contributed by atoms with van der Waals surface area (Å²) < 4.78 is 21.3. The van der Waals surface area contributed by atoms with Crippen LogP contribution in [0.5, 0.6) is 17.2 Å². The van der Waals surface area contributed by atoms with Gasteiger partial charge in [-0.1, -0.05) is 6.07 Å². The fraction of sp³-hybridized carbons (Fsp3) is 0.333. The van der Waals surface area contributed by atoms with Gasteiger partial charge in [-0.2, -0.15) is 0 Å². The summed E-state index contributed by atoms with van der Waals surface area (Å²) in [4.78, 5) is 27.2. The summed E-state index contributed by atoms with van der Waals surface area (Å²) in [5.41, 5.74) is 1.01. The molecule has 0 saturated carbocycles. The molecule has 3 rings (SSSR count). The highest BCUT2D eigenvalue weighted by Crippen LogP contribution is 2.41. The number of hydrogen-bond acceptors (Lipinski definition) is 7. The number of ketones is 1. The first kappa shape index (κ1) is 23.1. The molecule has 1 N–H and O–H groups in total. The molecule has 0 aliphatic carbocycles. The van der Waals surface area contributed by atoms with Gasteiger partial charge < -0.3 is 29.0 Å². The van der Waals surface area contributed by atoms with Gasteiger partial charge in [-0.05, 0) is 48.9 Å². The monoisotopic (exact) mass is 441 g/mol. The number of nitrogens with zero attached hydrogens (tertiary/aromatic N) is 1. The number of aliphatic hydroxyl groups is 1. The van der Waals surface area contributed by atoms with Crippen molar-refractivity contribution in [3.63, 3.8) is 0 Å². The fourth-order valence-electron chi connectivity index (χ4n) is 3.70. The number of carbonyl (C=O) groups excluding carboxylic acids is 2. The maximum Gasteiger partial charge on any atom is 0.295 e. The van der Waals surface area contributed by atoms with Crippen molar-refractivity contribution < 1.29 is 33.6 Å². The molecular weight excluding hydrogens is 414 g/mol. The van der Waals surface area contributed by atoms with Crippen LogP contribution in [-0.2, 0) is 14.3 Å². The summed E-state index contributed by atoms with van der Waals surface area (Å²) in [5, 5.41) is 11.1.